The van der Waals surface area contributed by atoms with Crippen molar-refractivity contribution in [2.24, 2.45) is 0 Å². The Labute approximate surface area is 61.1 Å². The molecule has 0 spiro atoms. The Morgan fingerprint density at radius 3 is 2.44 bits per heavy atom. The molecule has 56 valence electrons. The fourth-order valence-corrected chi connectivity index (χ4v) is 4.98. The summed E-state index contributed by atoms with van der Waals surface area (Å²) in [5.41, 5.74) is 0. The van der Waals surface area contributed by atoms with Crippen LogP contribution in [0.15, 0.2) is 0 Å². The van der Waals surface area contributed by atoms with Crippen LogP contribution in [0, 0.1) is 0 Å². The van der Waals surface area contributed by atoms with Crippen molar-refractivity contribution in [2.75, 3.05) is 6.54 Å². The van der Waals surface area contributed by atoms with Gasteiger partial charge in [0.15, 0.2) is 0 Å². The molecular weight excluding hydrogens is 146 g/mol. The van der Waals surface area contributed by atoms with E-state index in [1.165, 1.54) is 0 Å². The predicted octanol–water partition coefficient (Wildman–Crippen LogP) is 0.446. The van der Waals surface area contributed by atoms with Crippen LogP contribution in [0.1, 0.15) is 6.92 Å². The van der Waals surface area contributed by atoms with Crippen LogP contribution in [-0.2, 0) is 4.12 Å². The summed E-state index contributed by atoms with van der Waals surface area (Å²) in [6, 6.07) is 0. The first-order valence-corrected chi connectivity index (χ1v) is 8.41. The van der Waals surface area contributed by atoms with Crippen LogP contribution >= 0.6 is 0 Å². The van der Waals surface area contributed by atoms with Crippen molar-refractivity contribution in [3.63, 3.8) is 0 Å². The lowest BCUT2D eigenvalue weighted by Crippen LogP contribution is -2.48. The molecule has 0 aliphatic heterocycles. The Bertz CT molecular complexity index is 69.4. The molecule has 9 heavy (non-hydrogen) atoms. The van der Waals surface area contributed by atoms with Gasteiger partial charge in [0.05, 0.1) is 0 Å². The quantitative estimate of drug-likeness (QED) is 0.608. The lowest BCUT2D eigenvalue weighted by molar-refractivity contribution is 0.567. The van der Waals surface area contributed by atoms with Gasteiger partial charge in [-0.1, -0.05) is 13.5 Å². The standard InChI is InChI=1S/C5H17NOSi2/c1-5-6-9(3,4)7-8-2/h6H,5,8H2,1-4H3. The van der Waals surface area contributed by atoms with Crippen molar-refractivity contribution in [2.45, 2.75) is 26.6 Å². The van der Waals surface area contributed by atoms with Gasteiger partial charge in [-0.3, -0.25) is 0 Å². The van der Waals surface area contributed by atoms with E-state index in [4.69, 9.17) is 4.12 Å². The second-order valence-corrected chi connectivity index (χ2v) is 7.58. The van der Waals surface area contributed by atoms with Crippen LogP contribution < -0.4 is 4.98 Å². The molecule has 0 heterocycles. The van der Waals surface area contributed by atoms with Crippen molar-refractivity contribution in [1.82, 2.24) is 4.98 Å². The van der Waals surface area contributed by atoms with Crippen LogP contribution in [0.5, 0.6) is 0 Å². The molecule has 0 rings (SSSR count). The summed E-state index contributed by atoms with van der Waals surface area (Å²) < 4.78 is 5.64. The lowest BCUT2D eigenvalue weighted by atomic mass is 10.8. The Balaban J connectivity index is 3.43. The molecule has 0 aromatic carbocycles. The minimum absolute atomic E-state index is 0.211. The van der Waals surface area contributed by atoms with Gasteiger partial charge in [0.25, 0.3) is 8.48 Å². The first-order valence-electron chi connectivity index (χ1n) is 3.51. The zero-order chi connectivity index (χ0) is 7.33. The first-order chi connectivity index (χ1) is 4.12. The monoisotopic (exact) mass is 163 g/mol. The molecule has 0 saturated carbocycles. The van der Waals surface area contributed by atoms with Crippen LogP contribution in [0.4, 0.5) is 0 Å². The zero-order valence-corrected chi connectivity index (χ0v) is 9.24. The molecule has 0 saturated heterocycles. The van der Waals surface area contributed by atoms with Gasteiger partial charge in [-0.2, -0.15) is 0 Å². The minimum Gasteiger partial charge on any atom is -0.450 e. The smallest absolute Gasteiger partial charge is 0.251 e. The number of hydrogen-bond acceptors (Lipinski definition) is 2. The molecule has 0 aliphatic rings. The minimum atomic E-state index is -1.39. The molecule has 0 aromatic rings. The topological polar surface area (TPSA) is 21.3 Å². The highest BCUT2D eigenvalue weighted by Gasteiger charge is 2.18. The molecule has 0 radical (unpaired) electrons. The fourth-order valence-electron chi connectivity index (χ4n) is 0.838. The maximum absolute atomic E-state index is 5.64. The average Bonchev–Trinajstić information content (AvgIpc) is 1.64. The van der Waals surface area contributed by atoms with E-state index in [2.05, 4.69) is 31.5 Å². The number of nitrogens with one attached hydrogen (secondary N) is 1. The van der Waals surface area contributed by atoms with Crippen LogP contribution in [0.2, 0.25) is 19.6 Å². The van der Waals surface area contributed by atoms with Crippen LogP contribution in [0.3, 0.4) is 0 Å². The summed E-state index contributed by atoms with van der Waals surface area (Å²) in [6.45, 7) is 9.73. The molecule has 0 unspecified atom stereocenters. The van der Waals surface area contributed by atoms with Gasteiger partial charge in [0, 0.05) is 0 Å². The largest absolute Gasteiger partial charge is 0.450 e. The molecule has 0 aromatic heterocycles. The summed E-state index contributed by atoms with van der Waals surface area (Å²) >= 11 is 0. The van der Waals surface area contributed by atoms with E-state index in [1.54, 1.807) is 0 Å². The molecule has 4 heteroatoms. The lowest BCUT2D eigenvalue weighted by Gasteiger charge is -2.22. The summed E-state index contributed by atoms with van der Waals surface area (Å²) in [5.74, 6) is 0. The van der Waals surface area contributed by atoms with E-state index >= 15 is 0 Å². The predicted molar refractivity (Wildman–Crippen MR) is 46.7 cm³/mol. The van der Waals surface area contributed by atoms with Crippen molar-refractivity contribution in [3.8, 4) is 0 Å². The Morgan fingerprint density at radius 2 is 2.11 bits per heavy atom. The summed E-state index contributed by atoms with van der Waals surface area (Å²) in [4.78, 5) is 3.37. The molecule has 0 atom stereocenters. The van der Waals surface area contributed by atoms with Crippen molar-refractivity contribution in [1.29, 1.82) is 0 Å². The molecule has 0 amide bonds. The van der Waals surface area contributed by atoms with E-state index in [0.29, 0.717) is 0 Å². The molecule has 0 fully saturated rings. The number of rotatable bonds is 4. The van der Waals surface area contributed by atoms with Gasteiger partial charge in [0.1, 0.15) is 9.76 Å². The summed E-state index contributed by atoms with van der Waals surface area (Å²) in [6.07, 6.45) is 0. The van der Waals surface area contributed by atoms with Gasteiger partial charge < -0.3 is 9.10 Å². The van der Waals surface area contributed by atoms with E-state index in [9.17, 15) is 0 Å². The van der Waals surface area contributed by atoms with Gasteiger partial charge in [-0.05, 0) is 19.6 Å². The second-order valence-electron chi connectivity index (χ2n) is 2.47. The Kier molecular flexibility index (Phi) is 4.38. The average molecular weight is 163 g/mol. The number of hydrogen-bond donors (Lipinski definition) is 1. The van der Waals surface area contributed by atoms with E-state index < -0.39 is 8.48 Å². The SMILES string of the molecule is CCN[Si](C)(C)O[SiH2]C. The molecule has 1 N–H and O–H groups in total. The van der Waals surface area contributed by atoms with Crippen LogP contribution in [0.25, 0.3) is 0 Å². The highest BCUT2D eigenvalue weighted by molar-refractivity contribution is 6.72. The third-order valence-electron chi connectivity index (χ3n) is 1.11. The summed E-state index contributed by atoms with van der Waals surface area (Å²) in [5, 5.41) is 0. The van der Waals surface area contributed by atoms with Gasteiger partial charge in [-0.25, -0.2) is 0 Å². The first kappa shape index (κ1) is 9.35. The second kappa shape index (κ2) is 4.21. The van der Waals surface area contributed by atoms with Crippen molar-refractivity contribution < 1.29 is 4.12 Å². The van der Waals surface area contributed by atoms with Gasteiger partial charge in [-0.15, -0.1) is 0 Å². The van der Waals surface area contributed by atoms with Gasteiger partial charge >= 0.3 is 0 Å². The van der Waals surface area contributed by atoms with Gasteiger partial charge in [0.2, 0.25) is 0 Å². The molecule has 2 nitrogen and oxygen atoms in total. The Hall–Kier alpha value is 0.354. The molecule has 0 aliphatic carbocycles. The normalized spacial score (nSPS) is 13.3. The third kappa shape index (κ3) is 4.83. The zero-order valence-electron chi connectivity index (χ0n) is 6.82. The summed E-state index contributed by atoms with van der Waals surface area (Å²) in [7, 11) is -1.60. The van der Waals surface area contributed by atoms with E-state index in [0.717, 1.165) is 6.54 Å². The van der Waals surface area contributed by atoms with E-state index in [1.807, 2.05) is 0 Å². The van der Waals surface area contributed by atoms with E-state index in [-0.39, 0.29) is 9.76 Å². The maximum Gasteiger partial charge on any atom is 0.251 e. The maximum atomic E-state index is 5.64. The Morgan fingerprint density at radius 1 is 1.56 bits per heavy atom. The highest BCUT2D eigenvalue weighted by atomic mass is 28.4. The van der Waals surface area contributed by atoms with Crippen molar-refractivity contribution in [3.05, 3.63) is 0 Å². The third-order valence-corrected chi connectivity index (χ3v) is 6.35. The molecule has 0 bridgehead atoms. The fraction of sp³-hybridized carbons (Fsp3) is 1.00. The van der Waals surface area contributed by atoms with Crippen molar-refractivity contribution >= 4 is 18.2 Å². The molecular formula is C5H17NOSi2. The highest BCUT2D eigenvalue weighted by Crippen LogP contribution is 1.96. The van der Waals surface area contributed by atoms with Crippen LogP contribution in [-0.4, -0.2) is 24.8 Å².